The van der Waals surface area contributed by atoms with Crippen LogP contribution in [0.15, 0.2) is 72.8 Å². The summed E-state index contributed by atoms with van der Waals surface area (Å²) in [6.45, 7) is 2.43. The first kappa shape index (κ1) is 18.7. The molecule has 136 valence electrons. The minimum atomic E-state index is -0.323. The molecule has 2 amide bonds. The Kier molecular flexibility index (Phi) is 5.89. The molecule has 0 heterocycles. The predicted molar refractivity (Wildman–Crippen MR) is 108 cm³/mol. The minimum Gasteiger partial charge on any atom is -0.348 e. The van der Waals surface area contributed by atoms with Gasteiger partial charge in [-0.2, -0.15) is 0 Å². The van der Waals surface area contributed by atoms with Gasteiger partial charge in [0.2, 0.25) is 0 Å². The summed E-state index contributed by atoms with van der Waals surface area (Å²) in [7, 11) is 0. The van der Waals surface area contributed by atoms with Gasteiger partial charge in [0.1, 0.15) is 0 Å². The lowest BCUT2D eigenvalue weighted by Gasteiger charge is -2.09. The van der Waals surface area contributed by atoms with Crippen LogP contribution in [0.2, 0.25) is 5.02 Å². The molecule has 0 radical (unpaired) electrons. The van der Waals surface area contributed by atoms with Gasteiger partial charge in [0, 0.05) is 17.7 Å². The Bertz CT molecular complexity index is 985. The van der Waals surface area contributed by atoms with Crippen LogP contribution in [0.25, 0.3) is 0 Å². The Balaban J connectivity index is 1.68. The monoisotopic (exact) mass is 378 g/mol. The molecule has 0 atom stereocenters. The fraction of sp³-hybridized carbons (Fsp3) is 0.0909. The maximum absolute atomic E-state index is 12.5. The molecule has 0 aliphatic heterocycles. The van der Waals surface area contributed by atoms with Crippen LogP contribution in [-0.4, -0.2) is 11.8 Å². The van der Waals surface area contributed by atoms with Gasteiger partial charge in [-0.05, 0) is 42.8 Å². The summed E-state index contributed by atoms with van der Waals surface area (Å²) in [6, 6.07) is 21.5. The van der Waals surface area contributed by atoms with E-state index < -0.39 is 0 Å². The van der Waals surface area contributed by atoms with Gasteiger partial charge in [0.15, 0.2) is 0 Å². The van der Waals surface area contributed by atoms with Gasteiger partial charge in [0.05, 0.1) is 10.7 Å². The summed E-state index contributed by atoms with van der Waals surface area (Å²) in [4.78, 5) is 24.9. The van der Waals surface area contributed by atoms with Gasteiger partial charge in [-0.1, -0.05) is 59.6 Å². The number of para-hydroxylation sites is 1. The topological polar surface area (TPSA) is 58.2 Å². The molecule has 0 bridgehead atoms. The quantitative estimate of drug-likeness (QED) is 0.668. The maximum Gasteiger partial charge on any atom is 0.255 e. The van der Waals surface area contributed by atoms with Crippen LogP contribution >= 0.6 is 11.6 Å². The molecule has 0 fully saturated rings. The zero-order valence-corrected chi connectivity index (χ0v) is 15.6. The van der Waals surface area contributed by atoms with Crippen molar-refractivity contribution in [2.24, 2.45) is 0 Å². The number of anilines is 1. The Hall–Kier alpha value is -3.11. The third-order valence-electron chi connectivity index (χ3n) is 4.04. The molecule has 0 unspecified atom stereocenters. The van der Waals surface area contributed by atoms with Crippen molar-refractivity contribution in [2.45, 2.75) is 13.5 Å². The Morgan fingerprint density at radius 2 is 1.56 bits per heavy atom. The number of hydrogen-bond acceptors (Lipinski definition) is 2. The van der Waals surface area contributed by atoms with E-state index in [1.54, 1.807) is 48.5 Å². The molecule has 3 aromatic carbocycles. The standard InChI is InChI=1S/C22H19ClN2O2/c1-15-6-4-7-16(12-15)14-24-21(26)17-8-5-9-18(13-17)22(27)25-20-11-3-2-10-19(20)23/h2-13H,14H2,1H3,(H,24,26)(H,25,27). The number of hydrogen-bond donors (Lipinski definition) is 2. The summed E-state index contributed by atoms with van der Waals surface area (Å²) < 4.78 is 0. The summed E-state index contributed by atoms with van der Waals surface area (Å²) in [5.74, 6) is -0.555. The lowest BCUT2D eigenvalue weighted by atomic mass is 10.1. The van der Waals surface area contributed by atoms with E-state index in [2.05, 4.69) is 10.6 Å². The minimum absolute atomic E-state index is 0.233. The van der Waals surface area contributed by atoms with E-state index in [1.807, 2.05) is 31.2 Å². The summed E-state index contributed by atoms with van der Waals surface area (Å²) in [5, 5.41) is 6.09. The van der Waals surface area contributed by atoms with E-state index in [-0.39, 0.29) is 11.8 Å². The number of halogens is 1. The van der Waals surface area contributed by atoms with Crippen molar-refractivity contribution >= 4 is 29.1 Å². The summed E-state index contributed by atoms with van der Waals surface area (Å²) >= 11 is 6.07. The van der Waals surface area contributed by atoms with Crippen LogP contribution in [0.4, 0.5) is 5.69 Å². The van der Waals surface area contributed by atoms with Gasteiger partial charge in [0.25, 0.3) is 11.8 Å². The van der Waals surface area contributed by atoms with E-state index in [9.17, 15) is 9.59 Å². The molecule has 0 saturated carbocycles. The summed E-state index contributed by atoms with van der Waals surface area (Å²) in [6.07, 6.45) is 0. The third-order valence-corrected chi connectivity index (χ3v) is 4.37. The number of carbonyl (C=O) groups is 2. The van der Waals surface area contributed by atoms with Crippen molar-refractivity contribution in [3.63, 3.8) is 0 Å². The molecule has 5 heteroatoms. The van der Waals surface area contributed by atoms with Gasteiger partial charge in [-0.15, -0.1) is 0 Å². The fourth-order valence-corrected chi connectivity index (χ4v) is 2.85. The summed E-state index contributed by atoms with van der Waals surface area (Å²) in [5.41, 5.74) is 3.50. The number of benzene rings is 3. The van der Waals surface area contributed by atoms with Gasteiger partial charge >= 0.3 is 0 Å². The van der Waals surface area contributed by atoms with Crippen molar-refractivity contribution in [1.29, 1.82) is 0 Å². The second kappa shape index (κ2) is 8.52. The first-order valence-electron chi connectivity index (χ1n) is 8.52. The van der Waals surface area contributed by atoms with E-state index in [0.29, 0.717) is 28.4 Å². The molecular formula is C22H19ClN2O2. The molecule has 0 saturated heterocycles. The average molecular weight is 379 g/mol. The highest BCUT2D eigenvalue weighted by Gasteiger charge is 2.12. The normalized spacial score (nSPS) is 10.3. The van der Waals surface area contributed by atoms with E-state index >= 15 is 0 Å². The molecule has 0 aliphatic rings. The van der Waals surface area contributed by atoms with Crippen LogP contribution in [-0.2, 0) is 6.54 Å². The highest BCUT2D eigenvalue weighted by atomic mass is 35.5. The van der Waals surface area contributed by atoms with E-state index in [1.165, 1.54) is 0 Å². The average Bonchev–Trinajstić information content (AvgIpc) is 2.68. The highest BCUT2D eigenvalue weighted by molar-refractivity contribution is 6.33. The van der Waals surface area contributed by atoms with E-state index in [4.69, 9.17) is 11.6 Å². The lowest BCUT2D eigenvalue weighted by Crippen LogP contribution is -2.23. The molecule has 3 rings (SSSR count). The first-order chi connectivity index (χ1) is 13.0. The molecule has 2 N–H and O–H groups in total. The zero-order chi connectivity index (χ0) is 19.2. The van der Waals surface area contributed by atoms with Crippen LogP contribution in [0.1, 0.15) is 31.8 Å². The largest absolute Gasteiger partial charge is 0.348 e. The Morgan fingerprint density at radius 3 is 2.30 bits per heavy atom. The Labute approximate surface area is 163 Å². The molecule has 27 heavy (non-hydrogen) atoms. The molecule has 3 aromatic rings. The van der Waals surface area contributed by atoms with Crippen LogP contribution < -0.4 is 10.6 Å². The van der Waals surface area contributed by atoms with E-state index in [0.717, 1.165) is 11.1 Å². The number of rotatable bonds is 5. The lowest BCUT2D eigenvalue weighted by molar-refractivity contribution is 0.0951. The molecule has 0 spiro atoms. The van der Waals surface area contributed by atoms with Crippen LogP contribution in [0, 0.1) is 6.92 Å². The molecule has 0 aliphatic carbocycles. The van der Waals surface area contributed by atoms with Crippen molar-refractivity contribution in [1.82, 2.24) is 5.32 Å². The second-order valence-electron chi connectivity index (χ2n) is 6.19. The molecular weight excluding hydrogens is 360 g/mol. The van der Waals surface area contributed by atoms with Crippen LogP contribution in [0.5, 0.6) is 0 Å². The van der Waals surface area contributed by atoms with Gasteiger partial charge < -0.3 is 10.6 Å². The third kappa shape index (κ3) is 4.96. The highest BCUT2D eigenvalue weighted by Crippen LogP contribution is 2.21. The van der Waals surface area contributed by atoms with Gasteiger partial charge in [-0.3, -0.25) is 9.59 Å². The number of carbonyl (C=O) groups excluding carboxylic acids is 2. The maximum atomic E-state index is 12.5. The van der Waals surface area contributed by atoms with Crippen molar-refractivity contribution in [2.75, 3.05) is 5.32 Å². The second-order valence-corrected chi connectivity index (χ2v) is 6.59. The zero-order valence-electron chi connectivity index (χ0n) is 14.8. The van der Waals surface area contributed by atoms with Gasteiger partial charge in [-0.25, -0.2) is 0 Å². The fourth-order valence-electron chi connectivity index (χ4n) is 2.67. The number of nitrogens with one attached hydrogen (secondary N) is 2. The smallest absolute Gasteiger partial charge is 0.255 e. The van der Waals surface area contributed by atoms with Crippen molar-refractivity contribution in [3.8, 4) is 0 Å². The van der Waals surface area contributed by atoms with Crippen LogP contribution in [0.3, 0.4) is 0 Å². The Morgan fingerprint density at radius 1 is 0.852 bits per heavy atom. The predicted octanol–water partition coefficient (Wildman–Crippen LogP) is 4.83. The first-order valence-corrected chi connectivity index (χ1v) is 8.90. The van der Waals surface area contributed by atoms with Crippen molar-refractivity contribution < 1.29 is 9.59 Å². The molecule has 4 nitrogen and oxygen atoms in total. The molecule has 0 aromatic heterocycles. The number of amides is 2. The SMILES string of the molecule is Cc1cccc(CNC(=O)c2cccc(C(=O)Nc3ccccc3Cl)c2)c1. The van der Waals surface area contributed by atoms with Crippen molar-refractivity contribution in [3.05, 3.63) is 100 Å². The number of aryl methyl sites for hydroxylation is 1.